The highest BCUT2D eigenvalue weighted by Crippen LogP contribution is 2.61. The molecule has 40 heavy (non-hydrogen) atoms. The van der Waals surface area contributed by atoms with Gasteiger partial charge >= 0.3 is 0 Å². The number of benzene rings is 1. The van der Waals surface area contributed by atoms with Crippen molar-refractivity contribution in [3.05, 3.63) is 49.6 Å². The SMILES string of the molecule is C=CCN(CCC)C(=O)[C@H]1[C@@H]2OC3(CC2Br)C(C(=O)N(CC=C)c2ccc(OC)cc2)N([C@@H](CC)CO)C(=O)[C@H]13. The Morgan fingerprint density at radius 2 is 1.90 bits per heavy atom. The number of ether oxygens (including phenoxy) is 2. The molecule has 7 atom stereocenters. The van der Waals surface area contributed by atoms with Crippen LogP contribution in [0.5, 0.6) is 5.75 Å². The predicted octanol–water partition coefficient (Wildman–Crippen LogP) is 3.16. The first kappa shape index (κ1) is 30.3. The van der Waals surface area contributed by atoms with E-state index in [-0.39, 0.29) is 35.7 Å². The zero-order valence-corrected chi connectivity index (χ0v) is 25.1. The van der Waals surface area contributed by atoms with Gasteiger partial charge in [-0.05, 0) is 43.5 Å². The number of nitrogens with zero attached hydrogens (tertiary/aromatic N) is 3. The van der Waals surface area contributed by atoms with Crippen molar-refractivity contribution in [2.45, 2.75) is 61.7 Å². The monoisotopic (exact) mass is 617 g/mol. The van der Waals surface area contributed by atoms with Gasteiger partial charge in [-0.15, -0.1) is 13.2 Å². The first-order valence-electron chi connectivity index (χ1n) is 13.9. The van der Waals surface area contributed by atoms with Crippen LogP contribution < -0.4 is 9.64 Å². The third kappa shape index (κ3) is 4.88. The summed E-state index contributed by atoms with van der Waals surface area (Å²) in [7, 11) is 1.57. The van der Waals surface area contributed by atoms with E-state index in [1.54, 1.807) is 53.3 Å². The largest absolute Gasteiger partial charge is 0.497 e. The molecule has 1 aromatic rings. The lowest BCUT2D eigenvalue weighted by atomic mass is 9.70. The molecule has 3 fully saturated rings. The fraction of sp³-hybridized carbons (Fsp3) is 0.567. The van der Waals surface area contributed by atoms with Crippen LogP contribution in [0.1, 0.15) is 33.1 Å². The number of anilines is 1. The molecule has 3 aliphatic heterocycles. The van der Waals surface area contributed by atoms with Crippen LogP contribution in [0, 0.1) is 11.8 Å². The Kier molecular flexibility index (Phi) is 9.42. The minimum absolute atomic E-state index is 0.167. The molecule has 1 spiro atoms. The summed E-state index contributed by atoms with van der Waals surface area (Å²) < 4.78 is 11.9. The van der Waals surface area contributed by atoms with E-state index < -0.39 is 35.6 Å². The number of hydrogen-bond acceptors (Lipinski definition) is 6. The number of aliphatic hydroxyl groups excluding tert-OH is 1. The number of methoxy groups -OCH3 is 1. The summed E-state index contributed by atoms with van der Waals surface area (Å²) in [5.74, 6) is -1.75. The Morgan fingerprint density at radius 3 is 2.45 bits per heavy atom. The first-order valence-corrected chi connectivity index (χ1v) is 14.9. The van der Waals surface area contributed by atoms with Crippen molar-refractivity contribution < 1.29 is 29.0 Å². The summed E-state index contributed by atoms with van der Waals surface area (Å²) >= 11 is 3.73. The number of alkyl halides is 1. The Balaban J connectivity index is 1.82. The van der Waals surface area contributed by atoms with E-state index >= 15 is 0 Å². The Bertz CT molecular complexity index is 1120. The van der Waals surface area contributed by atoms with E-state index in [9.17, 15) is 19.5 Å². The van der Waals surface area contributed by atoms with Gasteiger partial charge in [0.1, 0.15) is 17.4 Å². The van der Waals surface area contributed by atoms with Crippen LogP contribution in [0.25, 0.3) is 0 Å². The Labute approximate surface area is 244 Å². The normalized spacial score (nSPS) is 29.2. The van der Waals surface area contributed by atoms with E-state index in [1.807, 2.05) is 13.8 Å². The number of halogens is 1. The zero-order valence-electron chi connectivity index (χ0n) is 23.5. The molecular formula is C30H40BrN3O6. The first-order chi connectivity index (χ1) is 19.2. The van der Waals surface area contributed by atoms with Crippen molar-refractivity contribution >= 4 is 39.3 Å². The van der Waals surface area contributed by atoms with Gasteiger partial charge in [0.05, 0.1) is 37.7 Å². The molecule has 3 saturated heterocycles. The molecule has 3 heterocycles. The molecule has 3 amide bonds. The van der Waals surface area contributed by atoms with E-state index in [1.165, 1.54) is 4.90 Å². The molecule has 10 heteroatoms. The summed E-state index contributed by atoms with van der Waals surface area (Å²) in [6.07, 6.45) is 4.35. The average molecular weight is 619 g/mol. The van der Waals surface area contributed by atoms with Crippen molar-refractivity contribution in [3.8, 4) is 5.75 Å². The molecule has 0 saturated carbocycles. The molecule has 1 aromatic carbocycles. The smallest absolute Gasteiger partial charge is 0.253 e. The molecule has 0 aromatic heterocycles. The van der Waals surface area contributed by atoms with Gasteiger partial charge in [-0.2, -0.15) is 0 Å². The number of hydrogen-bond donors (Lipinski definition) is 1. The fourth-order valence-electron chi connectivity index (χ4n) is 6.73. The van der Waals surface area contributed by atoms with E-state index in [4.69, 9.17) is 9.47 Å². The number of rotatable bonds is 13. The van der Waals surface area contributed by atoms with Crippen LogP contribution >= 0.6 is 15.9 Å². The number of amides is 3. The molecule has 0 aliphatic carbocycles. The number of fused-ring (bicyclic) bond motifs is 1. The maximum absolute atomic E-state index is 14.6. The number of carbonyl (C=O) groups excluding carboxylic acids is 3. The second-order valence-corrected chi connectivity index (χ2v) is 11.8. The van der Waals surface area contributed by atoms with Crippen LogP contribution in [0.4, 0.5) is 5.69 Å². The molecular weight excluding hydrogens is 578 g/mol. The molecule has 3 aliphatic rings. The molecule has 4 rings (SSSR count). The summed E-state index contributed by atoms with van der Waals surface area (Å²) in [6, 6.07) is 5.47. The lowest BCUT2D eigenvalue weighted by molar-refractivity contribution is -0.147. The van der Waals surface area contributed by atoms with Gasteiger partial charge in [0.25, 0.3) is 5.91 Å². The lowest BCUT2D eigenvalue weighted by Crippen LogP contribution is -2.59. The van der Waals surface area contributed by atoms with E-state index in [2.05, 4.69) is 29.1 Å². The number of aliphatic hydroxyl groups is 1. The van der Waals surface area contributed by atoms with Crippen LogP contribution in [0.2, 0.25) is 0 Å². The predicted molar refractivity (Wildman–Crippen MR) is 156 cm³/mol. The average Bonchev–Trinajstić information content (AvgIpc) is 3.55. The summed E-state index contributed by atoms with van der Waals surface area (Å²) in [6.45, 7) is 12.3. The van der Waals surface area contributed by atoms with Gasteiger partial charge in [0, 0.05) is 30.1 Å². The van der Waals surface area contributed by atoms with Crippen LogP contribution in [-0.2, 0) is 19.1 Å². The molecule has 0 radical (unpaired) electrons. The topological polar surface area (TPSA) is 99.6 Å². The van der Waals surface area contributed by atoms with Gasteiger partial charge < -0.3 is 29.3 Å². The Morgan fingerprint density at radius 1 is 1.23 bits per heavy atom. The van der Waals surface area contributed by atoms with E-state index in [0.29, 0.717) is 37.4 Å². The van der Waals surface area contributed by atoms with Gasteiger partial charge in [-0.3, -0.25) is 14.4 Å². The number of carbonyl (C=O) groups is 3. The zero-order chi connectivity index (χ0) is 29.2. The van der Waals surface area contributed by atoms with Crippen LogP contribution in [0.3, 0.4) is 0 Å². The van der Waals surface area contributed by atoms with Gasteiger partial charge in [0.2, 0.25) is 11.8 Å². The van der Waals surface area contributed by atoms with Crippen molar-refractivity contribution in [2.75, 3.05) is 38.3 Å². The van der Waals surface area contributed by atoms with Gasteiger partial charge in [-0.1, -0.05) is 41.9 Å². The lowest BCUT2D eigenvalue weighted by Gasteiger charge is -2.39. The quantitative estimate of drug-likeness (QED) is 0.270. The third-order valence-electron chi connectivity index (χ3n) is 8.44. The summed E-state index contributed by atoms with van der Waals surface area (Å²) in [4.78, 5) is 47.5. The van der Waals surface area contributed by atoms with Crippen molar-refractivity contribution in [3.63, 3.8) is 0 Å². The van der Waals surface area contributed by atoms with Crippen LogP contribution in [-0.4, -0.2) is 94.6 Å². The standard InChI is InChI=1S/C30H40BrN3O6/c1-6-14-32(15-7-2)27(36)23-24-28(37)34(19(9-4)18-35)26(30(24)17-22(31)25(23)40-30)29(38)33(16-8-3)20-10-12-21(39-5)13-11-20/h6,8,10-13,19,22-26,35H,1,3,7,9,14-18H2,2,4-5H3/t19-,22?,23+,24-,25+,26?,30?/m0/s1. The minimum atomic E-state index is -1.21. The summed E-state index contributed by atoms with van der Waals surface area (Å²) in [5.41, 5.74) is -0.598. The molecule has 3 unspecified atom stereocenters. The molecule has 218 valence electrons. The highest BCUT2D eigenvalue weighted by atomic mass is 79.9. The highest BCUT2D eigenvalue weighted by molar-refractivity contribution is 9.09. The van der Waals surface area contributed by atoms with Gasteiger partial charge in [0.15, 0.2) is 0 Å². The second kappa shape index (κ2) is 12.4. The highest BCUT2D eigenvalue weighted by Gasteiger charge is 2.77. The molecule has 9 nitrogen and oxygen atoms in total. The Hall–Kier alpha value is -2.69. The maximum Gasteiger partial charge on any atom is 0.253 e. The van der Waals surface area contributed by atoms with Crippen molar-refractivity contribution in [1.29, 1.82) is 0 Å². The van der Waals surface area contributed by atoms with E-state index in [0.717, 1.165) is 6.42 Å². The van der Waals surface area contributed by atoms with Crippen molar-refractivity contribution in [2.24, 2.45) is 11.8 Å². The third-order valence-corrected chi connectivity index (χ3v) is 9.28. The minimum Gasteiger partial charge on any atom is -0.497 e. The molecule has 2 bridgehead atoms. The second-order valence-electron chi connectivity index (χ2n) is 10.7. The number of likely N-dealkylation sites (tertiary alicyclic amines) is 1. The molecule has 1 N–H and O–H groups in total. The summed E-state index contributed by atoms with van der Waals surface area (Å²) in [5, 5.41) is 10.3. The van der Waals surface area contributed by atoms with Crippen LogP contribution in [0.15, 0.2) is 49.6 Å². The van der Waals surface area contributed by atoms with Crippen molar-refractivity contribution in [1.82, 2.24) is 9.80 Å². The van der Waals surface area contributed by atoms with Gasteiger partial charge in [-0.25, -0.2) is 0 Å². The fourth-order valence-corrected chi connectivity index (χ4v) is 7.67. The maximum atomic E-state index is 14.6.